The summed E-state index contributed by atoms with van der Waals surface area (Å²) in [6.07, 6.45) is 1.07. The normalized spacial score (nSPS) is 19.4. The monoisotopic (exact) mass is 410 g/mol. The Kier molecular flexibility index (Phi) is 4.21. The van der Waals surface area contributed by atoms with Gasteiger partial charge in [0.15, 0.2) is 0 Å². The minimum atomic E-state index is -0.754. The van der Waals surface area contributed by atoms with Crippen LogP contribution in [0.5, 0.6) is 0 Å². The predicted octanol–water partition coefficient (Wildman–Crippen LogP) is 1.76. The number of benzene rings is 1. The summed E-state index contributed by atoms with van der Waals surface area (Å²) >= 11 is 1.79. The smallest absolute Gasteiger partial charge is 0.294 e. The molecule has 2 aromatic rings. The van der Waals surface area contributed by atoms with Gasteiger partial charge < -0.3 is 0 Å². The minimum absolute atomic E-state index is 0.000253. The number of amides is 5. The molecule has 0 saturated carbocycles. The molecule has 3 aliphatic heterocycles. The summed E-state index contributed by atoms with van der Waals surface area (Å²) in [5.74, 6) is -1.49. The average Bonchev–Trinajstić information content (AvgIpc) is 3.25. The largest absolute Gasteiger partial charge is 0.343 e. The molecule has 1 aromatic heterocycles. The molecular formula is C20H18N4O4S. The number of hydrogen-bond donors (Lipinski definition) is 1. The molecule has 0 spiro atoms. The molecule has 1 aromatic carbocycles. The van der Waals surface area contributed by atoms with Gasteiger partial charge in [-0.05, 0) is 41.1 Å². The van der Waals surface area contributed by atoms with Gasteiger partial charge in [-0.15, -0.1) is 11.3 Å². The second-order valence-corrected chi connectivity index (χ2v) is 8.36. The quantitative estimate of drug-likeness (QED) is 0.779. The third kappa shape index (κ3) is 3.02. The summed E-state index contributed by atoms with van der Waals surface area (Å²) < 4.78 is 0. The summed E-state index contributed by atoms with van der Waals surface area (Å²) in [5.41, 5.74) is 2.88. The fourth-order valence-corrected chi connectivity index (χ4v) is 4.93. The van der Waals surface area contributed by atoms with Crippen LogP contribution >= 0.6 is 11.3 Å². The van der Waals surface area contributed by atoms with Gasteiger partial charge in [0.2, 0.25) is 5.91 Å². The molecule has 1 saturated heterocycles. The van der Waals surface area contributed by atoms with E-state index in [9.17, 15) is 19.2 Å². The number of fused-ring (bicyclic) bond motifs is 2. The Morgan fingerprint density at radius 3 is 2.62 bits per heavy atom. The molecule has 1 N–H and O–H groups in total. The fourth-order valence-electron chi connectivity index (χ4n) is 4.04. The maximum atomic E-state index is 12.9. The number of thiophene rings is 1. The van der Waals surface area contributed by atoms with Crippen molar-refractivity contribution in [3.63, 3.8) is 0 Å². The molecule has 0 aliphatic carbocycles. The van der Waals surface area contributed by atoms with E-state index in [1.54, 1.807) is 23.5 Å². The van der Waals surface area contributed by atoms with Crippen LogP contribution in [0.1, 0.15) is 43.1 Å². The fraction of sp³-hybridized carbons (Fsp3) is 0.300. The standard InChI is InChI=1S/C20H18N4O4S/c25-17-4-7-23(20(28)21-17)24-18(26)14-2-1-12(9-15(14)19(24)27)10-22-6-3-16-13(11-22)5-8-29-16/h1-2,5,8-9H,3-4,6-7,10-11H2,(H,21,25,28). The first-order chi connectivity index (χ1) is 14.0. The molecule has 8 nitrogen and oxygen atoms in total. The first-order valence-corrected chi connectivity index (χ1v) is 10.3. The maximum absolute atomic E-state index is 12.9. The van der Waals surface area contributed by atoms with Crippen LogP contribution in [0.3, 0.4) is 0 Å². The Hall–Kier alpha value is -3.04. The van der Waals surface area contributed by atoms with E-state index in [4.69, 9.17) is 0 Å². The first kappa shape index (κ1) is 18.0. The van der Waals surface area contributed by atoms with Crippen LogP contribution < -0.4 is 5.32 Å². The van der Waals surface area contributed by atoms with Crippen molar-refractivity contribution >= 4 is 35.1 Å². The van der Waals surface area contributed by atoms with Gasteiger partial charge in [-0.2, -0.15) is 5.01 Å². The minimum Gasteiger partial charge on any atom is -0.294 e. The lowest BCUT2D eigenvalue weighted by molar-refractivity contribution is -0.122. The van der Waals surface area contributed by atoms with Gasteiger partial charge in [-0.25, -0.2) is 9.80 Å². The summed E-state index contributed by atoms with van der Waals surface area (Å²) in [6, 6.07) is 6.65. The van der Waals surface area contributed by atoms with Crippen molar-refractivity contribution in [2.45, 2.75) is 25.9 Å². The van der Waals surface area contributed by atoms with E-state index < -0.39 is 23.8 Å². The van der Waals surface area contributed by atoms with Gasteiger partial charge in [0.05, 0.1) is 17.7 Å². The molecule has 0 unspecified atom stereocenters. The molecule has 0 atom stereocenters. The highest BCUT2D eigenvalue weighted by Gasteiger charge is 2.43. The number of carbonyl (C=O) groups excluding carboxylic acids is 4. The molecule has 148 valence electrons. The van der Waals surface area contributed by atoms with Gasteiger partial charge in [0.25, 0.3) is 11.8 Å². The van der Waals surface area contributed by atoms with Crippen molar-refractivity contribution in [1.29, 1.82) is 0 Å². The van der Waals surface area contributed by atoms with E-state index in [-0.39, 0.29) is 18.5 Å². The van der Waals surface area contributed by atoms with Gasteiger partial charge in [-0.3, -0.25) is 24.6 Å². The molecule has 9 heteroatoms. The molecule has 0 radical (unpaired) electrons. The van der Waals surface area contributed by atoms with E-state index in [1.807, 2.05) is 6.07 Å². The Bertz CT molecular complexity index is 1060. The maximum Gasteiger partial charge on any atom is 0.343 e. The van der Waals surface area contributed by atoms with Crippen molar-refractivity contribution in [3.05, 3.63) is 56.8 Å². The van der Waals surface area contributed by atoms with Gasteiger partial charge >= 0.3 is 6.03 Å². The molecule has 1 fully saturated rings. The van der Waals surface area contributed by atoms with Crippen LogP contribution in [0.25, 0.3) is 0 Å². The van der Waals surface area contributed by atoms with Crippen LogP contribution in [0.15, 0.2) is 29.6 Å². The Morgan fingerprint density at radius 2 is 1.79 bits per heavy atom. The molecular weight excluding hydrogens is 392 g/mol. The van der Waals surface area contributed by atoms with Crippen molar-refractivity contribution < 1.29 is 19.2 Å². The Morgan fingerprint density at radius 1 is 0.966 bits per heavy atom. The van der Waals surface area contributed by atoms with Crippen molar-refractivity contribution in [2.75, 3.05) is 13.1 Å². The molecule has 5 amide bonds. The lowest BCUT2D eigenvalue weighted by atomic mass is 10.0. The van der Waals surface area contributed by atoms with Crippen LogP contribution in [0, 0.1) is 0 Å². The zero-order chi connectivity index (χ0) is 20.1. The van der Waals surface area contributed by atoms with E-state index in [0.717, 1.165) is 35.1 Å². The first-order valence-electron chi connectivity index (χ1n) is 9.42. The van der Waals surface area contributed by atoms with E-state index in [0.29, 0.717) is 12.1 Å². The molecule has 3 aliphatic rings. The number of nitrogens with zero attached hydrogens (tertiary/aromatic N) is 3. The van der Waals surface area contributed by atoms with Crippen LogP contribution in [-0.4, -0.2) is 51.8 Å². The number of hydrazine groups is 1. The summed E-state index contributed by atoms with van der Waals surface area (Å²) in [6.45, 7) is 2.50. The summed E-state index contributed by atoms with van der Waals surface area (Å²) in [7, 11) is 0. The summed E-state index contributed by atoms with van der Waals surface area (Å²) in [5, 5.41) is 6.11. The van der Waals surface area contributed by atoms with E-state index in [1.165, 1.54) is 10.4 Å². The summed E-state index contributed by atoms with van der Waals surface area (Å²) in [4.78, 5) is 52.8. The second-order valence-electron chi connectivity index (χ2n) is 7.36. The SMILES string of the molecule is O=C1CCN(N2C(=O)c3ccc(CN4CCc5sccc5C4)cc3C2=O)C(=O)N1. The van der Waals surface area contributed by atoms with Gasteiger partial charge in [-0.1, -0.05) is 6.07 Å². The highest BCUT2D eigenvalue weighted by atomic mass is 32.1. The second kappa shape index (κ2) is 6.78. The number of nitrogens with one attached hydrogen (secondary N) is 1. The van der Waals surface area contributed by atoms with E-state index >= 15 is 0 Å². The Labute approximate surface area is 170 Å². The third-order valence-corrected chi connectivity index (χ3v) is 6.52. The Balaban J connectivity index is 1.36. The molecule has 4 heterocycles. The number of hydrogen-bond acceptors (Lipinski definition) is 6. The lowest BCUT2D eigenvalue weighted by Gasteiger charge is -2.32. The van der Waals surface area contributed by atoms with Crippen molar-refractivity contribution in [1.82, 2.24) is 20.2 Å². The molecule has 29 heavy (non-hydrogen) atoms. The van der Waals surface area contributed by atoms with Gasteiger partial charge in [0, 0.05) is 30.9 Å². The predicted molar refractivity (Wildman–Crippen MR) is 104 cm³/mol. The lowest BCUT2D eigenvalue weighted by Crippen LogP contribution is -2.58. The van der Waals surface area contributed by atoms with E-state index in [2.05, 4.69) is 21.7 Å². The van der Waals surface area contributed by atoms with Crippen molar-refractivity contribution in [3.8, 4) is 0 Å². The number of rotatable bonds is 3. The zero-order valence-electron chi connectivity index (χ0n) is 15.5. The number of urea groups is 1. The highest BCUT2D eigenvalue weighted by Crippen LogP contribution is 2.28. The van der Waals surface area contributed by atoms with Crippen LogP contribution in [0.2, 0.25) is 0 Å². The number of carbonyl (C=O) groups is 4. The van der Waals surface area contributed by atoms with Gasteiger partial charge in [0.1, 0.15) is 0 Å². The zero-order valence-corrected chi connectivity index (χ0v) is 16.3. The molecule has 0 bridgehead atoms. The third-order valence-electron chi connectivity index (χ3n) is 5.50. The number of imide groups is 2. The van der Waals surface area contributed by atoms with Crippen LogP contribution in [0.4, 0.5) is 4.79 Å². The molecule has 5 rings (SSSR count). The van der Waals surface area contributed by atoms with Crippen LogP contribution in [-0.2, 0) is 24.3 Å². The highest BCUT2D eigenvalue weighted by molar-refractivity contribution is 7.10. The topological polar surface area (TPSA) is 90.0 Å². The average molecular weight is 410 g/mol. The van der Waals surface area contributed by atoms with Crippen molar-refractivity contribution in [2.24, 2.45) is 0 Å².